The molecule has 1 rings (SSSR count). The summed E-state index contributed by atoms with van der Waals surface area (Å²) in [5, 5.41) is 12.7. The quantitative estimate of drug-likeness (QED) is 0.822. The van der Waals surface area contributed by atoms with Crippen molar-refractivity contribution in [3.05, 3.63) is 34.4 Å². The Morgan fingerprint density at radius 1 is 1.18 bits per heavy atom. The summed E-state index contributed by atoms with van der Waals surface area (Å²) in [6.45, 7) is 10.9. The molecule has 0 heterocycles. The number of hydrogen-bond donors (Lipinski definition) is 2. The number of hydrogen-bond acceptors (Lipinski definition) is 2. The first-order valence-electron chi connectivity index (χ1n) is 6.44. The van der Waals surface area contributed by atoms with Crippen LogP contribution < -0.4 is 5.32 Å². The van der Waals surface area contributed by atoms with E-state index in [9.17, 15) is 5.11 Å². The molecule has 0 saturated heterocycles. The van der Waals surface area contributed by atoms with Gasteiger partial charge in [0.15, 0.2) is 0 Å². The molecule has 0 aliphatic carbocycles. The molecule has 0 spiro atoms. The Labute approximate surface area is 105 Å². The van der Waals surface area contributed by atoms with Crippen molar-refractivity contribution in [3.63, 3.8) is 0 Å². The number of nitrogens with one attached hydrogen (secondary N) is 1. The Kier molecular flexibility index (Phi) is 5.16. The number of benzene rings is 1. The van der Waals surface area contributed by atoms with Gasteiger partial charge in [-0.15, -0.1) is 0 Å². The van der Waals surface area contributed by atoms with E-state index in [1.165, 1.54) is 22.3 Å². The number of aliphatic hydroxyl groups is 1. The average molecular weight is 235 g/mol. The maximum absolute atomic E-state index is 9.24. The molecule has 1 aromatic carbocycles. The molecule has 2 nitrogen and oxygen atoms in total. The molecule has 2 atom stereocenters. The Morgan fingerprint density at radius 2 is 1.71 bits per heavy atom. The first-order valence-corrected chi connectivity index (χ1v) is 6.44. The molecule has 0 fully saturated rings. The molecular formula is C15H25NO. The largest absolute Gasteiger partial charge is 0.395 e. The third kappa shape index (κ3) is 3.55. The smallest absolute Gasteiger partial charge is 0.0584 e. The van der Waals surface area contributed by atoms with E-state index in [2.05, 4.69) is 52.1 Å². The summed E-state index contributed by atoms with van der Waals surface area (Å²) in [6, 6.07) is 4.92. The first-order chi connectivity index (χ1) is 7.99. The fraction of sp³-hybridized carbons (Fsp3) is 0.600. The van der Waals surface area contributed by atoms with Crippen LogP contribution in [0.3, 0.4) is 0 Å². The van der Waals surface area contributed by atoms with E-state index in [-0.39, 0.29) is 18.7 Å². The van der Waals surface area contributed by atoms with Crippen LogP contribution in [-0.4, -0.2) is 17.8 Å². The highest BCUT2D eigenvalue weighted by molar-refractivity contribution is 5.39. The highest BCUT2D eigenvalue weighted by atomic mass is 16.3. The summed E-state index contributed by atoms with van der Waals surface area (Å²) in [5.41, 5.74) is 5.33. The molecular weight excluding hydrogens is 210 g/mol. The van der Waals surface area contributed by atoms with Gasteiger partial charge in [-0.2, -0.15) is 0 Å². The zero-order valence-electron chi connectivity index (χ0n) is 11.7. The Morgan fingerprint density at radius 3 is 2.12 bits per heavy atom. The molecule has 96 valence electrons. The molecule has 0 aliphatic heterocycles. The minimum atomic E-state index is 0.185. The van der Waals surface area contributed by atoms with Crippen LogP contribution in [0.15, 0.2) is 12.1 Å². The molecule has 0 aliphatic rings. The van der Waals surface area contributed by atoms with Crippen molar-refractivity contribution < 1.29 is 5.11 Å². The van der Waals surface area contributed by atoms with Crippen molar-refractivity contribution in [2.75, 3.05) is 6.61 Å². The van der Waals surface area contributed by atoms with E-state index < -0.39 is 0 Å². The van der Waals surface area contributed by atoms with E-state index >= 15 is 0 Å². The molecule has 2 N–H and O–H groups in total. The summed E-state index contributed by atoms with van der Waals surface area (Å²) >= 11 is 0. The van der Waals surface area contributed by atoms with Gasteiger partial charge in [0.1, 0.15) is 0 Å². The molecule has 17 heavy (non-hydrogen) atoms. The van der Waals surface area contributed by atoms with Crippen LogP contribution in [0.1, 0.15) is 48.6 Å². The fourth-order valence-electron chi connectivity index (χ4n) is 2.61. The van der Waals surface area contributed by atoms with Crippen LogP contribution in [0.2, 0.25) is 0 Å². The van der Waals surface area contributed by atoms with Crippen molar-refractivity contribution >= 4 is 0 Å². The summed E-state index contributed by atoms with van der Waals surface area (Å²) in [4.78, 5) is 0. The predicted octanol–water partition coefficient (Wildman–Crippen LogP) is 3.03. The lowest BCUT2D eigenvalue weighted by Gasteiger charge is -2.24. The minimum absolute atomic E-state index is 0.185. The van der Waals surface area contributed by atoms with Crippen LogP contribution >= 0.6 is 0 Å². The standard InChI is InChI=1S/C15H25NO/c1-6-14(9-17)16-13(5)15-11(3)7-10(2)8-12(15)4/h7-8,13-14,16-17H,6,9H2,1-5H3/t13?,14-/m1/s1. The lowest BCUT2D eigenvalue weighted by molar-refractivity contribution is 0.230. The molecule has 2 heteroatoms. The van der Waals surface area contributed by atoms with Gasteiger partial charge in [-0.25, -0.2) is 0 Å². The highest BCUT2D eigenvalue weighted by Crippen LogP contribution is 2.23. The minimum Gasteiger partial charge on any atom is -0.395 e. The number of rotatable bonds is 5. The van der Waals surface area contributed by atoms with E-state index in [4.69, 9.17) is 0 Å². The average Bonchev–Trinajstić information content (AvgIpc) is 2.24. The van der Waals surface area contributed by atoms with Crippen LogP contribution in [0.5, 0.6) is 0 Å². The second-order valence-electron chi connectivity index (χ2n) is 4.99. The van der Waals surface area contributed by atoms with E-state index in [0.717, 1.165) is 6.42 Å². The fourth-order valence-corrected chi connectivity index (χ4v) is 2.61. The van der Waals surface area contributed by atoms with Crippen molar-refractivity contribution in [2.45, 2.75) is 53.1 Å². The third-order valence-corrected chi connectivity index (χ3v) is 3.37. The van der Waals surface area contributed by atoms with Crippen molar-refractivity contribution in [2.24, 2.45) is 0 Å². The summed E-state index contributed by atoms with van der Waals surface area (Å²) in [6.07, 6.45) is 0.949. The summed E-state index contributed by atoms with van der Waals surface area (Å²) < 4.78 is 0. The van der Waals surface area contributed by atoms with Gasteiger partial charge in [-0.3, -0.25) is 0 Å². The molecule has 1 unspecified atom stereocenters. The predicted molar refractivity (Wildman–Crippen MR) is 73.4 cm³/mol. The molecule has 0 saturated carbocycles. The lowest BCUT2D eigenvalue weighted by atomic mass is 9.94. The second-order valence-corrected chi connectivity index (χ2v) is 4.99. The van der Waals surface area contributed by atoms with Gasteiger partial charge in [0, 0.05) is 12.1 Å². The zero-order valence-corrected chi connectivity index (χ0v) is 11.7. The maximum atomic E-state index is 9.24. The lowest BCUT2D eigenvalue weighted by Crippen LogP contribution is -2.34. The highest BCUT2D eigenvalue weighted by Gasteiger charge is 2.15. The topological polar surface area (TPSA) is 32.3 Å². The van der Waals surface area contributed by atoms with Crippen LogP contribution in [0, 0.1) is 20.8 Å². The Hall–Kier alpha value is -0.860. The maximum Gasteiger partial charge on any atom is 0.0584 e. The van der Waals surface area contributed by atoms with Crippen LogP contribution in [-0.2, 0) is 0 Å². The van der Waals surface area contributed by atoms with Crippen LogP contribution in [0.4, 0.5) is 0 Å². The van der Waals surface area contributed by atoms with Gasteiger partial charge in [0.2, 0.25) is 0 Å². The summed E-state index contributed by atoms with van der Waals surface area (Å²) in [7, 11) is 0. The zero-order chi connectivity index (χ0) is 13.0. The molecule has 0 amide bonds. The van der Waals surface area contributed by atoms with Crippen LogP contribution in [0.25, 0.3) is 0 Å². The molecule has 1 aromatic rings. The van der Waals surface area contributed by atoms with E-state index in [1.807, 2.05) is 0 Å². The first kappa shape index (κ1) is 14.2. The molecule has 0 radical (unpaired) electrons. The van der Waals surface area contributed by atoms with Gasteiger partial charge < -0.3 is 10.4 Å². The van der Waals surface area contributed by atoms with Crippen molar-refractivity contribution in [1.29, 1.82) is 0 Å². The van der Waals surface area contributed by atoms with Gasteiger partial charge in [0.05, 0.1) is 6.61 Å². The number of aryl methyl sites for hydroxylation is 3. The van der Waals surface area contributed by atoms with Gasteiger partial charge in [-0.05, 0) is 50.8 Å². The van der Waals surface area contributed by atoms with Gasteiger partial charge in [-0.1, -0.05) is 24.6 Å². The number of aliphatic hydroxyl groups excluding tert-OH is 1. The summed E-state index contributed by atoms with van der Waals surface area (Å²) in [5.74, 6) is 0. The van der Waals surface area contributed by atoms with Gasteiger partial charge in [0.25, 0.3) is 0 Å². The van der Waals surface area contributed by atoms with E-state index in [0.29, 0.717) is 0 Å². The van der Waals surface area contributed by atoms with Crippen molar-refractivity contribution in [3.8, 4) is 0 Å². The SMILES string of the molecule is CC[C@H](CO)NC(C)c1c(C)cc(C)cc1C. The van der Waals surface area contributed by atoms with E-state index in [1.54, 1.807) is 0 Å². The van der Waals surface area contributed by atoms with Gasteiger partial charge >= 0.3 is 0 Å². The normalized spacial score (nSPS) is 14.7. The Balaban J connectivity index is 2.92. The molecule has 0 aromatic heterocycles. The monoisotopic (exact) mass is 235 g/mol. The second kappa shape index (κ2) is 6.18. The molecule has 0 bridgehead atoms. The third-order valence-electron chi connectivity index (χ3n) is 3.37. The Bertz CT molecular complexity index is 346. The van der Waals surface area contributed by atoms with Crippen molar-refractivity contribution in [1.82, 2.24) is 5.32 Å².